The predicted octanol–water partition coefficient (Wildman–Crippen LogP) is 2.79. The summed E-state index contributed by atoms with van der Waals surface area (Å²) in [5.74, 6) is 0.599. The number of nitrogens with two attached hydrogens (primary N) is 1. The molecule has 0 bridgehead atoms. The van der Waals surface area contributed by atoms with Gasteiger partial charge in [0.1, 0.15) is 0 Å². The van der Waals surface area contributed by atoms with Crippen LogP contribution in [0.15, 0.2) is 29.2 Å². The molecule has 0 fully saturated rings. The number of carbonyl (C=O) groups excluding carboxylic acids is 1. The topological polar surface area (TPSA) is 43.1 Å². The van der Waals surface area contributed by atoms with Crippen molar-refractivity contribution in [2.75, 3.05) is 5.75 Å². The maximum atomic E-state index is 10.6. The summed E-state index contributed by atoms with van der Waals surface area (Å²) < 4.78 is 0. The van der Waals surface area contributed by atoms with Crippen molar-refractivity contribution in [2.45, 2.75) is 24.7 Å². The van der Waals surface area contributed by atoms with Gasteiger partial charge in [0.05, 0.1) is 5.56 Å². The van der Waals surface area contributed by atoms with Crippen LogP contribution in [0.5, 0.6) is 0 Å². The quantitative estimate of drug-likeness (QED) is 0.702. The zero-order valence-corrected chi connectivity index (χ0v) is 10.6. The Kier molecular flexibility index (Phi) is 8.33. The van der Waals surface area contributed by atoms with Crippen molar-refractivity contribution in [1.29, 1.82) is 0 Å². The van der Waals surface area contributed by atoms with Crippen LogP contribution < -0.4 is 5.73 Å². The summed E-state index contributed by atoms with van der Waals surface area (Å²) in [5.41, 5.74) is 5.49. The van der Waals surface area contributed by atoms with Gasteiger partial charge in [-0.15, -0.1) is 12.6 Å². The molecule has 1 aromatic rings. The minimum Gasteiger partial charge on any atom is -0.366 e. The van der Waals surface area contributed by atoms with Crippen LogP contribution in [0.2, 0.25) is 0 Å². The molecule has 0 aliphatic heterocycles. The van der Waals surface area contributed by atoms with Gasteiger partial charge in [-0.25, -0.2) is 0 Å². The first-order valence-electron chi connectivity index (χ1n) is 4.82. The van der Waals surface area contributed by atoms with E-state index in [1.165, 1.54) is 12.8 Å². The van der Waals surface area contributed by atoms with E-state index in [0.717, 1.165) is 5.75 Å². The number of amides is 1. The Morgan fingerprint density at radius 3 is 2.27 bits per heavy atom. The fraction of sp³-hybridized carbons (Fsp3) is 0.364. The van der Waals surface area contributed by atoms with Gasteiger partial charge in [0.25, 0.3) is 0 Å². The number of hydrogen-bond donors (Lipinski definition) is 3. The second kappa shape index (κ2) is 8.68. The average Bonchev–Trinajstić information content (AvgIpc) is 2.20. The first kappa shape index (κ1) is 14.4. The lowest BCUT2D eigenvalue weighted by atomic mass is 10.2. The van der Waals surface area contributed by atoms with Crippen molar-refractivity contribution < 1.29 is 4.79 Å². The van der Waals surface area contributed by atoms with Gasteiger partial charge < -0.3 is 5.73 Å². The Hall–Kier alpha value is -0.610. The fourth-order valence-electron chi connectivity index (χ4n) is 0.840. The number of hydrogen-bond acceptors (Lipinski definition) is 3. The van der Waals surface area contributed by atoms with Gasteiger partial charge in [-0.3, -0.25) is 4.79 Å². The van der Waals surface area contributed by atoms with Crippen molar-refractivity contribution in [3.8, 4) is 0 Å². The summed E-state index contributed by atoms with van der Waals surface area (Å²) in [7, 11) is 0. The average molecular weight is 243 g/mol. The van der Waals surface area contributed by atoms with Crippen LogP contribution in [0.25, 0.3) is 0 Å². The molecule has 84 valence electrons. The number of carbonyl (C=O) groups is 1. The van der Waals surface area contributed by atoms with E-state index in [1.54, 1.807) is 24.3 Å². The monoisotopic (exact) mass is 243 g/mol. The van der Waals surface area contributed by atoms with E-state index in [1.807, 2.05) is 0 Å². The maximum absolute atomic E-state index is 10.6. The molecule has 0 aromatic heterocycles. The van der Waals surface area contributed by atoms with Gasteiger partial charge in [-0.1, -0.05) is 25.5 Å². The minimum atomic E-state index is -0.439. The molecule has 0 saturated heterocycles. The van der Waals surface area contributed by atoms with E-state index >= 15 is 0 Å². The van der Waals surface area contributed by atoms with Gasteiger partial charge in [-0.2, -0.15) is 12.6 Å². The molecule has 0 atom stereocenters. The molecular weight excluding hydrogens is 226 g/mol. The zero-order valence-electron chi connectivity index (χ0n) is 8.81. The molecule has 1 aromatic carbocycles. The van der Waals surface area contributed by atoms with Crippen LogP contribution >= 0.6 is 25.3 Å². The van der Waals surface area contributed by atoms with Gasteiger partial charge in [-0.05, 0) is 24.3 Å². The Balaban J connectivity index is 0.000000336. The number of unbranched alkanes of at least 4 members (excludes halogenated alkanes) is 1. The summed E-state index contributed by atoms with van der Waals surface area (Å²) in [6, 6.07) is 6.92. The largest absolute Gasteiger partial charge is 0.366 e. The summed E-state index contributed by atoms with van der Waals surface area (Å²) >= 11 is 8.04. The van der Waals surface area contributed by atoms with E-state index in [-0.39, 0.29) is 0 Å². The van der Waals surface area contributed by atoms with Crippen molar-refractivity contribution in [1.82, 2.24) is 0 Å². The first-order chi connectivity index (χ1) is 7.13. The molecule has 0 heterocycles. The SMILES string of the molecule is CCCCS.NC(=O)c1ccccc1S. The van der Waals surface area contributed by atoms with Crippen LogP contribution in [0.1, 0.15) is 30.1 Å². The number of rotatable bonds is 3. The lowest BCUT2D eigenvalue weighted by Gasteiger charge is -1.96. The van der Waals surface area contributed by atoms with Crippen LogP contribution in [-0.2, 0) is 0 Å². The number of primary amides is 1. The van der Waals surface area contributed by atoms with E-state index in [4.69, 9.17) is 5.73 Å². The highest BCUT2D eigenvalue weighted by molar-refractivity contribution is 7.80. The fourth-order valence-corrected chi connectivity index (χ4v) is 1.43. The second-order valence-corrected chi connectivity index (χ2v) is 3.89. The molecule has 1 rings (SSSR count). The molecule has 0 radical (unpaired) electrons. The normalized spacial score (nSPS) is 9.00. The Labute approximate surface area is 102 Å². The van der Waals surface area contributed by atoms with Gasteiger partial charge in [0, 0.05) is 4.90 Å². The first-order valence-corrected chi connectivity index (χ1v) is 5.90. The van der Waals surface area contributed by atoms with Crippen LogP contribution in [-0.4, -0.2) is 11.7 Å². The lowest BCUT2D eigenvalue weighted by molar-refractivity contribution is 0.0997. The van der Waals surface area contributed by atoms with Crippen LogP contribution in [0, 0.1) is 0 Å². The zero-order chi connectivity index (χ0) is 11.7. The molecule has 1 amide bonds. The highest BCUT2D eigenvalue weighted by Crippen LogP contribution is 2.10. The summed E-state index contributed by atoms with van der Waals surface area (Å²) in [4.78, 5) is 11.2. The predicted molar refractivity (Wildman–Crippen MR) is 71.0 cm³/mol. The molecule has 15 heavy (non-hydrogen) atoms. The maximum Gasteiger partial charge on any atom is 0.249 e. The van der Waals surface area contributed by atoms with Crippen LogP contribution in [0.3, 0.4) is 0 Å². The van der Waals surface area contributed by atoms with Crippen molar-refractivity contribution in [3.05, 3.63) is 29.8 Å². The van der Waals surface area contributed by atoms with E-state index in [0.29, 0.717) is 10.5 Å². The summed E-state index contributed by atoms with van der Waals surface area (Å²) in [6.07, 6.45) is 2.52. The molecule has 0 aliphatic rings. The van der Waals surface area contributed by atoms with E-state index in [2.05, 4.69) is 32.2 Å². The highest BCUT2D eigenvalue weighted by atomic mass is 32.1. The number of benzene rings is 1. The lowest BCUT2D eigenvalue weighted by Crippen LogP contribution is -2.11. The minimum absolute atomic E-state index is 0.439. The van der Waals surface area contributed by atoms with Gasteiger partial charge >= 0.3 is 0 Å². The van der Waals surface area contributed by atoms with Crippen molar-refractivity contribution in [2.24, 2.45) is 5.73 Å². The molecular formula is C11H17NOS2. The standard InChI is InChI=1S/C7H7NOS.C4H10S/c8-7(9)5-3-1-2-4-6(5)10;1-2-3-4-5/h1-4,10H,(H2,8,9);5H,2-4H2,1H3. The number of thiol groups is 2. The summed E-state index contributed by atoms with van der Waals surface area (Å²) in [5, 5.41) is 0. The van der Waals surface area contributed by atoms with Gasteiger partial charge in [0.2, 0.25) is 5.91 Å². The van der Waals surface area contributed by atoms with E-state index < -0.39 is 5.91 Å². The molecule has 0 saturated carbocycles. The molecule has 0 spiro atoms. The molecule has 0 unspecified atom stereocenters. The third kappa shape index (κ3) is 6.47. The third-order valence-electron chi connectivity index (χ3n) is 1.68. The molecule has 2 N–H and O–H groups in total. The molecule has 4 heteroatoms. The van der Waals surface area contributed by atoms with Crippen molar-refractivity contribution >= 4 is 31.2 Å². The van der Waals surface area contributed by atoms with Gasteiger partial charge in [0.15, 0.2) is 0 Å². The Bertz CT molecular complexity index is 300. The third-order valence-corrected chi connectivity index (χ3v) is 2.39. The Morgan fingerprint density at radius 1 is 1.40 bits per heavy atom. The van der Waals surface area contributed by atoms with Crippen molar-refractivity contribution in [3.63, 3.8) is 0 Å². The Morgan fingerprint density at radius 2 is 2.00 bits per heavy atom. The molecule has 0 aliphatic carbocycles. The highest BCUT2D eigenvalue weighted by Gasteiger charge is 2.01. The second-order valence-electron chi connectivity index (χ2n) is 2.96. The molecule has 2 nitrogen and oxygen atoms in total. The van der Waals surface area contributed by atoms with E-state index in [9.17, 15) is 4.79 Å². The van der Waals surface area contributed by atoms with Crippen LogP contribution in [0.4, 0.5) is 0 Å². The smallest absolute Gasteiger partial charge is 0.249 e. The summed E-state index contributed by atoms with van der Waals surface area (Å²) in [6.45, 7) is 2.16.